The van der Waals surface area contributed by atoms with Gasteiger partial charge >= 0.3 is 23.9 Å². The maximum absolute atomic E-state index is 13.6. The van der Waals surface area contributed by atoms with E-state index in [0.717, 1.165) is 19.3 Å². The van der Waals surface area contributed by atoms with Crippen molar-refractivity contribution in [2.24, 2.45) is 28.6 Å². The van der Waals surface area contributed by atoms with Gasteiger partial charge in [0.25, 0.3) is 0 Å². The molecule has 6 aliphatic rings. The summed E-state index contributed by atoms with van der Waals surface area (Å²) in [6.07, 6.45) is 0.652. The number of rotatable bonds is 9. The lowest BCUT2D eigenvalue weighted by molar-refractivity contribution is -0.205. The molecule has 0 radical (unpaired) electrons. The summed E-state index contributed by atoms with van der Waals surface area (Å²) < 4.78 is 40.2. The van der Waals surface area contributed by atoms with Gasteiger partial charge in [-0.3, -0.25) is 4.79 Å². The molecule has 4 aliphatic heterocycles. The Kier molecular flexibility index (Phi) is 5.45. The highest BCUT2D eigenvalue weighted by atomic mass is 16.8. The number of unbranched alkanes of at least 4 members (excludes halogenated alkanes) is 1. The van der Waals surface area contributed by atoms with Gasteiger partial charge < -0.3 is 33.2 Å². The van der Waals surface area contributed by atoms with Crippen molar-refractivity contribution in [1.82, 2.24) is 0 Å². The largest absolute Gasteiger partial charge is 0.467 e. The molecule has 36 heavy (non-hydrogen) atoms. The second-order valence-electron chi connectivity index (χ2n) is 10.9. The molecule has 9 unspecified atom stereocenters. The van der Waals surface area contributed by atoms with Crippen molar-refractivity contribution in [1.29, 1.82) is 0 Å². The Morgan fingerprint density at radius 2 is 1.92 bits per heavy atom. The van der Waals surface area contributed by atoms with E-state index in [1.165, 1.54) is 7.11 Å². The van der Waals surface area contributed by atoms with Gasteiger partial charge in [0.1, 0.15) is 18.8 Å². The molecule has 0 amide bonds. The van der Waals surface area contributed by atoms with Crippen molar-refractivity contribution in [3.63, 3.8) is 0 Å². The zero-order chi connectivity index (χ0) is 25.5. The number of methoxy groups -OCH3 is 1. The van der Waals surface area contributed by atoms with Crippen LogP contribution in [0.25, 0.3) is 0 Å². The first kappa shape index (κ1) is 24.1. The van der Waals surface area contributed by atoms with Crippen molar-refractivity contribution in [3.05, 3.63) is 0 Å². The molecule has 2 saturated carbocycles. The quantitative estimate of drug-likeness (QED) is 0.250. The molecule has 0 bridgehead atoms. The third-order valence-corrected chi connectivity index (χ3v) is 9.70. The van der Waals surface area contributed by atoms with Gasteiger partial charge in [0.2, 0.25) is 6.29 Å². The zero-order valence-electron chi connectivity index (χ0n) is 20.7. The third kappa shape index (κ3) is 2.59. The number of ether oxygens (including phenoxy) is 7. The molecule has 11 heteroatoms. The van der Waals surface area contributed by atoms with Crippen LogP contribution in [0.4, 0.5) is 0 Å². The molecular weight excluding hydrogens is 476 g/mol. The summed E-state index contributed by atoms with van der Waals surface area (Å²) in [5.41, 5.74) is -3.30. The highest BCUT2D eigenvalue weighted by Crippen LogP contribution is 2.83. The number of esters is 4. The van der Waals surface area contributed by atoms with Crippen LogP contribution in [0.3, 0.4) is 0 Å². The van der Waals surface area contributed by atoms with Crippen LogP contribution < -0.4 is 0 Å². The molecule has 6 rings (SSSR count). The van der Waals surface area contributed by atoms with E-state index in [4.69, 9.17) is 28.4 Å². The van der Waals surface area contributed by atoms with E-state index in [1.807, 2.05) is 0 Å². The minimum atomic E-state index is -1.43. The molecule has 198 valence electrons. The fourth-order valence-corrected chi connectivity index (χ4v) is 8.61. The van der Waals surface area contributed by atoms with E-state index in [0.29, 0.717) is 12.8 Å². The maximum Gasteiger partial charge on any atom is 0.340 e. The van der Waals surface area contributed by atoms with E-state index in [2.05, 4.69) is 11.7 Å². The van der Waals surface area contributed by atoms with Crippen LogP contribution in [0.2, 0.25) is 0 Å². The smallest absolute Gasteiger partial charge is 0.340 e. The summed E-state index contributed by atoms with van der Waals surface area (Å²) in [4.78, 5) is 50.7. The molecule has 2 aliphatic carbocycles. The van der Waals surface area contributed by atoms with Gasteiger partial charge in [-0.15, -0.1) is 0 Å². The molecule has 11 nitrogen and oxygen atoms in total. The average Bonchev–Trinajstić information content (AvgIpc) is 3.57. The first-order chi connectivity index (χ1) is 17.3. The van der Waals surface area contributed by atoms with Crippen LogP contribution in [-0.2, 0) is 52.3 Å². The van der Waals surface area contributed by atoms with Gasteiger partial charge in [-0.05, 0) is 25.2 Å². The normalized spacial score (nSPS) is 47.2. The topological polar surface area (TPSA) is 133 Å². The van der Waals surface area contributed by atoms with E-state index in [-0.39, 0.29) is 31.7 Å². The summed E-state index contributed by atoms with van der Waals surface area (Å²) in [5, 5.41) is 0. The van der Waals surface area contributed by atoms with Gasteiger partial charge in [-0.1, -0.05) is 26.7 Å². The number of hydrogen-bond donors (Lipinski definition) is 0. The second kappa shape index (κ2) is 8.13. The molecule has 0 N–H and O–H groups in total. The first-order valence-corrected chi connectivity index (χ1v) is 12.9. The summed E-state index contributed by atoms with van der Waals surface area (Å²) in [6, 6.07) is 0. The molecule has 0 aromatic rings. The number of carbonyl (C=O) groups excluding carboxylic acids is 4. The van der Waals surface area contributed by atoms with Crippen molar-refractivity contribution >= 4 is 23.9 Å². The highest BCUT2D eigenvalue weighted by molar-refractivity contribution is 5.91. The molecule has 4 saturated heterocycles. The average molecular weight is 509 g/mol. The Balaban J connectivity index is 1.38. The lowest BCUT2D eigenvalue weighted by Gasteiger charge is -2.43. The monoisotopic (exact) mass is 508 g/mol. The summed E-state index contributed by atoms with van der Waals surface area (Å²) in [7, 11) is 1.27. The number of hydrogen-bond acceptors (Lipinski definition) is 11. The van der Waals surface area contributed by atoms with E-state index in [9.17, 15) is 19.2 Å². The van der Waals surface area contributed by atoms with Crippen LogP contribution in [0.1, 0.15) is 46.0 Å². The number of fused-ring (bicyclic) bond motifs is 1. The minimum Gasteiger partial charge on any atom is -0.467 e. The third-order valence-electron chi connectivity index (χ3n) is 9.70. The second-order valence-corrected chi connectivity index (χ2v) is 10.9. The van der Waals surface area contributed by atoms with Crippen molar-refractivity contribution in [3.8, 4) is 0 Å². The lowest BCUT2D eigenvalue weighted by Crippen LogP contribution is -2.58. The predicted molar refractivity (Wildman–Crippen MR) is 116 cm³/mol. The van der Waals surface area contributed by atoms with Gasteiger partial charge in [0.05, 0.1) is 37.1 Å². The Labute approximate surface area is 208 Å². The molecular formula is C25H32O11. The van der Waals surface area contributed by atoms with Crippen LogP contribution in [0, 0.1) is 28.6 Å². The van der Waals surface area contributed by atoms with E-state index >= 15 is 0 Å². The molecule has 10 atom stereocenters. The van der Waals surface area contributed by atoms with Crippen LogP contribution in [-0.4, -0.2) is 81.0 Å². The minimum absolute atomic E-state index is 0.0343. The fourth-order valence-electron chi connectivity index (χ4n) is 8.61. The zero-order valence-corrected chi connectivity index (χ0v) is 20.7. The van der Waals surface area contributed by atoms with Gasteiger partial charge in [-0.2, -0.15) is 0 Å². The molecule has 4 heterocycles. The molecule has 6 fully saturated rings. The fraction of sp³-hybridized carbons (Fsp3) is 0.840. The van der Waals surface area contributed by atoms with E-state index < -0.39 is 70.8 Å². The van der Waals surface area contributed by atoms with Gasteiger partial charge in [-0.25, -0.2) is 14.4 Å². The summed E-state index contributed by atoms with van der Waals surface area (Å²) in [5.74, 6) is -3.02. The van der Waals surface area contributed by atoms with Gasteiger partial charge in [0.15, 0.2) is 11.7 Å². The highest BCUT2D eigenvalue weighted by Gasteiger charge is 2.97. The van der Waals surface area contributed by atoms with Crippen molar-refractivity contribution in [2.45, 2.75) is 76.2 Å². The van der Waals surface area contributed by atoms with Crippen molar-refractivity contribution < 1.29 is 52.3 Å². The van der Waals surface area contributed by atoms with Crippen LogP contribution >= 0.6 is 0 Å². The molecule has 2 spiro atoms. The van der Waals surface area contributed by atoms with Crippen molar-refractivity contribution in [2.75, 3.05) is 26.9 Å². The van der Waals surface area contributed by atoms with E-state index in [1.54, 1.807) is 6.92 Å². The standard InChI is InChI=1S/C25H32O11/c1-4-5-6-13-9-15-23-10-14-17(12(2)19(27)33-14)25(23,21(29)34-15)36-22-24(13,23)18(20(28)35-22)32-8-7-31-11-16(26)30-3/h12-15,17-18,22H,4-11H2,1-3H3/t12?,13-,14?,15?,17?,18?,22?,23?,24?,25?/m1/s1. The Bertz CT molecular complexity index is 996. The SMILES string of the molecule is CCCC[C@@H]1CC2OC(=O)C34OC5OC(=O)C(OCCOCC(=O)OC)C51C23CC1OC(=O)C(C)C14. The number of carbonyl (C=O) groups is 4. The predicted octanol–water partition coefficient (Wildman–Crippen LogP) is 0.903. The molecule has 0 aromatic carbocycles. The Morgan fingerprint density at radius 1 is 1.11 bits per heavy atom. The summed E-state index contributed by atoms with van der Waals surface area (Å²) >= 11 is 0. The van der Waals surface area contributed by atoms with Gasteiger partial charge in [0, 0.05) is 5.92 Å². The Morgan fingerprint density at radius 3 is 2.67 bits per heavy atom. The maximum atomic E-state index is 13.6. The first-order valence-electron chi connectivity index (χ1n) is 12.9. The molecule has 0 aromatic heterocycles. The van der Waals surface area contributed by atoms with Crippen LogP contribution in [0.15, 0.2) is 0 Å². The van der Waals surface area contributed by atoms with Crippen LogP contribution in [0.5, 0.6) is 0 Å². The summed E-state index contributed by atoms with van der Waals surface area (Å²) in [6.45, 7) is 3.73. The Hall–Kier alpha value is -2.24. The lowest BCUT2D eigenvalue weighted by atomic mass is 9.54.